The number of nitrogens with one attached hydrogen (secondary N) is 1. The number of halogens is 4. The Labute approximate surface area is 109 Å². The zero-order valence-electron chi connectivity index (χ0n) is 7.74. The standard InChI is InChI=1S/C10H9Cl4N/c11-3-1-2-4-15-10-6-8(13)7(12)5-9(10)14/h1-2,5-6,15H,3-4H2/b2-1+. The molecule has 0 spiro atoms. The summed E-state index contributed by atoms with van der Waals surface area (Å²) in [6.45, 7) is 0.643. The molecular weight excluding hydrogens is 276 g/mol. The van der Waals surface area contributed by atoms with Crippen LogP contribution in [0.1, 0.15) is 0 Å². The largest absolute Gasteiger partial charge is 0.380 e. The van der Waals surface area contributed by atoms with Crippen molar-refractivity contribution in [2.75, 3.05) is 17.7 Å². The molecule has 1 aromatic rings. The maximum atomic E-state index is 5.96. The number of anilines is 1. The third-order valence-electron chi connectivity index (χ3n) is 1.68. The first-order valence-corrected chi connectivity index (χ1v) is 5.91. The summed E-state index contributed by atoms with van der Waals surface area (Å²) in [5.41, 5.74) is 0.755. The van der Waals surface area contributed by atoms with Crippen LogP contribution in [-0.4, -0.2) is 12.4 Å². The van der Waals surface area contributed by atoms with Crippen molar-refractivity contribution in [2.45, 2.75) is 0 Å². The minimum Gasteiger partial charge on any atom is -0.380 e. The molecule has 0 heterocycles. The lowest BCUT2D eigenvalue weighted by molar-refractivity contribution is 1.33. The number of hydrogen-bond donors (Lipinski definition) is 1. The molecule has 0 amide bonds. The minimum atomic E-state index is 0.448. The topological polar surface area (TPSA) is 12.0 Å². The van der Waals surface area contributed by atoms with Crippen molar-refractivity contribution in [1.29, 1.82) is 0 Å². The van der Waals surface area contributed by atoms with E-state index in [0.717, 1.165) is 5.69 Å². The van der Waals surface area contributed by atoms with Gasteiger partial charge in [0.15, 0.2) is 0 Å². The Kier molecular flexibility index (Phi) is 5.62. The van der Waals surface area contributed by atoms with E-state index in [1.807, 2.05) is 12.2 Å². The summed E-state index contributed by atoms with van der Waals surface area (Å²) in [7, 11) is 0. The van der Waals surface area contributed by atoms with E-state index in [0.29, 0.717) is 27.5 Å². The third kappa shape index (κ3) is 4.12. The van der Waals surface area contributed by atoms with E-state index in [1.54, 1.807) is 12.1 Å². The second-order valence-electron chi connectivity index (χ2n) is 2.75. The molecule has 5 heteroatoms. The lowest BCUT2D eigenvalue weighted by atomic mass is 10.3. The predicted octanol–water partition coefficient (Wildman–Crippen LogP) is 4.85. The predicted molar refractivity (Wildman–Crippen MR) is 69.8 cm³/mol. The Balaban J connectivity index is 2.69. The van der Waals surface area contributed by atoms with Crippen LogP contribution in [0.5, 0.6) is 0 Å². The van der Waals surface area contributed by atoms with Gasteiger partial charge in [0.2, 0.25) is 0 Å². The van der Waals surface area contributed by atoms with Crippen LogP contribution in [0.15, 0.2) is 24.3 Å². The molecule has 0 bridgehead atoms. The summed E-state index contributed by atoms with van der Waals surface area (Å²) in [5.74, 6) is 0.497. The second kappa shape index (κ2) is 6.49. The maximum Gasteiger partial charge on any atom is 0.0653 e. The van der Waals surface area contributed by atoms with Crippen molar-refractivity contribution in [3.05, 3.63) is 39.4 Å². The molecule has 1 aromatic carbocycles. The van der Waals surface area contributed by atoms with E-state index in [1.165, 1.54) is 0 Å². The summed E-state index contributed by atoms with van der Waals surface area (Å²) < 4.78 is 0. The summed E-state index contributed by atoms with van der Waals surface area (Å²) in [4.78, 5) is 0. The molecule has 15 heavy (non-hydrogen) atoms. The number of alkyl halides is 1. The van der Waals surface area contributed by atoms with Crippen LogP contribution in [0.2, 0.25) is 15.1 Å². The van der Waals surface area contributed by atoms with Gasteiger partial charge in [0.05, 0.1) is 20.8 Å². The molecule has 0 aliphatic carbocycles. The van der Waals surface area contributed by atoms with Gasteiger partial charge in [0, 0.05) is 12.4 Å². The average molecular weight is 285 g/mol. The van der Waals surface area contributed by atoms with E-state index in [2.05, 4.69) is 5.32 Å². The van der Waals surface area contributed by atoms with Crippen molar-refractivity contribution < 1.29 is 0 Å². The van der Waals surface area contributed by atoms with Crippen LogP contribution in [-0.2, 0) is 0 Å². The zero-order valence-corrected chi connectivity index (χ0v) is 10.8. The zero-order chi connectivity index (χ0) is 11.3. The normalized spacial score (nSPS) is 10.9. The van der Waals surface area contributed by atoms with Crippen molar-refractivity contribution in [1.82, 2.24) is 0 Å². The fraction of sp³-hybridized carbons (Fsp3) is 0.200. The SMILES string of the molecule is ClC/C=C/CNc1cc(Cl)c(Cl)cc1Cl. The Morgan fingerprint density at radius 2 is 1.67 bits per heavy atom. The van der Waals surface area contributed by atoms with E-state index in [9.17, 15) is 0 Å². The molecule has 0 fully saturated rings. The molecule has 0 aliphatic heterocycles. The summed E-state index contributed by atoms with van der Waals surface area (Å²) >= 11 is 23.1. The van der Waals surface area contributed by atoms with Crippen LogP contribution < -0.4 is 5.32 Å². The van der Waals surface area contributed by atoms with Crippen LogP contribution in [0.25, 0.3) is 0 Å². The van der Waals surface area contributed by atoms with Gasteiger partial charge in [-0.15, -0.1) is 11.6 Å². The van der Waals surface area contributed by atoms with Gasteiger partial charge >= 0.3 is 0 Å². The lowest BCUT2D eigenvalue weighted by Gasteiger charge is -2.07. The van der Waals surface area contributed by atoms with Crippen LogP contribution in [0.3, 0.4) is 0 Å². The Bertz CT molecular complexity index is 363. The van der Waals surface area contributed by atoms with Gasteiger partial charge in [-0.3, -0.25) is 0 Å². The first-order chi connectivity index (χ1) is 7.15. The van der Waals surface area contributed by atoms with Crippen LogP contribution in [0, 0.1) is 0 Å². The monoisotopic (exact) mass is 283 g/mol. The smallest absolute Gasteiger partial charge is 0.0653 e. The number of allylic oxidation sites excluding steroid dienone is 1. The molecule has 0 aliphatic rings. The van der Waals surface area contributed by atoms with Gasteiger partial charge in [-0.05, 0) is 12.1 Å². The van der Waals surface area contributed by atoms with Crippen LogP contribution >= 0.6 is 46.4 Å². The second-order valence-corrected chi connectivity index (χ2v) is 4.28. The number of benzene rings is 1. The third-order valence-corrected chi connectivity index (χ3v) is 2.89. The molecule has 0 atom stereocenters. The van der Waals surface area contributed by atoms with Gasteiger partial charge in [-0.25, -0.2) is 0 Å². The molecular formula is C10H9Cl4N. The number of hydrogen-bond acceptors (Lipinski definition) is 1. The first kappa shape index (κ1) is 13.0. The van der Waals surface area contributed by atoms with E-state index in [-0.39, 0.29) is 0 Å². The fourth-order valence-electron chi connectivity index (χ4n) is 0.973. The molecule has 0 saturated carbocycles. The fourth-order valence-corrected chi connectivity index (χ4v) is 1.71. The molecule has 1 nitrogen and oxygen atoms in total. The maximum absolute atomic E-state index is 5.96. The highest BCUT2D eigenvalue weighted by molar-refractivity contribution is 6.44. The first-order valence-electron chi connectivity index (χ1n) is 4.24. The highest BCUT2D eigenvalue weighted by atomic mass is 35.5. The van der Waals surface area contributed by atoms with E-state index >= 15 is 0 Å². The van der Waals surface area contributed by atoms with Crippen molar-refractivity contribution in [2.24, 2.45) is 0 Å². The van der Waals surface area contributed by atoms with E-state index in [4.69, 9.17) is 46.4 Å². The van der Waals surface area contributed by atoms with Gasteiger partial charge in [-0.2, -0.15) is 0 Å². The molecule has 0 aromatic heterocycles. The van der Waals surface area contributed by atoms with Crippen molar-refractivity contribution in [3.8, 4) is 0 Å². The van der Waals surface area contributed by atoms with Crippen LogP contribution in [0.4, 0.5) is 5.69 Å². The van der Waals surface area contributed by atoms with Gasteiger partial charge in [0.25, 0.3) is 0 Å². The Morgan fingerprint density at radius 1 is 1.00 bits per heavy atom. The molecule has 0 unspecified atom stereocenters. The average Bonchev–Trinajstić information content (AvgIpc) is 2.20. The van der Waals surface area contributed by atoms with E-state index < -0.39 is 0 Å². The Morgan fingerprint density at radius 3 is 2.33 bits per heavy atom. The highest BCUT2D eigenvalue weighted by Gasteiger charge is 2.04. The summed E-state index contributed by atoms with van der Waals surface area (Å²) in [5, 5.41) is 4.56. The molecule has 1 rings (SSSR count). The summed E-state index contributed by atoms with van der Waals surface area (Å²) in [6.07, 6.45) is 3.76. The molecule has 0 saturated heterocycles. The molecule has 0 radical (unpaired) electrons. The van der Waals surface area contributed by atoms with Crippen molar-refractivity contribution >= 4 is 52.1 Å². The molecule has 82 valence electrons. The minimum absolute atomic E-state index is 0.448. The quantitative estimate of drug-likeness (QED) is 0.473. The Hall–Kier alpha value is -0.0800. The number of rotatable bonds is 4. The van der Waals surface area contributed by atoms with Gasteiger partial charge in [-0.1, -0.05) is 47.0 Å². The molecule has 1 N–H and O–H groups in total. The van der Waals surface area contributed by atoms with Crippen molar-refractivity contribution in [3.63, 3.8) is 0 Å². The van der Waals surface area contributed by atoms with Gasteiger partial charge in [0.1, 0.15) is 0 Å². The lowest BCUT2D eigenvalue weighted by Crippen LogP contribution is -1.98. The summed E-state index contributed by atoms with van der Waals surface area (Å²) in [6, 6.07) is 3.31. The van der Waals surface area contributed by atoms with Gasteiger partial charge < -0.3 is 5.32 Å². The highest BCUT2D eigenvalue weighted by Crippen LogP contribution is 2.31.